The average Bonchev–Trinajstić information content (AvgIpc) is 3.05. The molecule has 2 heterocycles. The Bertz CT molecular complexity index is 1030. The van der Waals surface area contributed by atoms with Crippen LogP contribution in [0.4, 0.5) is 0 Å². The van der Waals surface area contributed by atoms with E-state index in [1.807, 2.05) is 0 Å². The summed E-state index contributed by atoms with van der Waals surface area (Å²) < 4.78 is 6.63. The molecule has 1 aliphatic heterocycles. The molecule has 2 aromatic carbocycles. The molecule has 0 spiro atoms. The first kappa shape index (κ1) is 15.1. The van der Waals surface area contributed by atoms with Gasteiger partial charge in [0.15, 0.2) is 5.82 Å². The zero-order chi connectivity index (χ0) is 16.5. The number of rotatable bonds is 1. The van der Waals surface area contributed by atoms with E-state index >= 15 is 0 Å². The van der Waals surface area contributed by atoms with E-state index in [9.17, 15) is 4.79 Å². The van der Waals surface area contributed by atoms with E-state index in [2.05, 4.69) is 4.98 Å². The maximum atomic E-state index is 12.8. The maximum absolute atomic E-state index is 12.8. The molecule has 116 valence electrons. The largest absolute Gasteiger partial charge is 0.497 e. The highest BCUT2D eigenvalue weighted by Gasteiger charge is 2.37. The summed E-state index contributed by atoms with van der Waals surface area (Å²) in [6.07, 6.45) is 0. The van der Waals surface area contributed by atoms with Crippen LogP contribution in [0.15, 0.2) is 18.2 Å². The van der Waals surface area contributed by atoms with Gasteiger partial charge in [0.1, 0.15) is 5.75 Å². The molecule has 0 saturated carbocycles. The molecule has 0 fully saturated rings. The van der Waals surface area contributed by atoms with Crippen LogP contribution in [-0.2, 0) is 0 Å². The van der Waals surface area contributed by atoms with Gasteiger partial charge in [-0.2, -0.15) is 0 Å². The van der Waals surface area contributed by atoms with Crippen molar-refractivity contribution in [3.8, 4) is 17.1 Å². The van der Waals surface area contributed by atoms with Crippen molar-refractivity contribution in [1.82, 2.24) is 9.55 Å². The Kier molecular flexibility index (Phi) is 3.29. The zero-order valence-electron chi connectivity index (χ0n) is 11.5. The van der Waals surface area contributed by atoms with Crippen LogP contribution in [0.1, 0.15) is 10.4 Å². The first-order valence-corrected chi connectivity index (χ1v) is 7.94. The molecule has 4 rings (SSSR count). The fourth-order valence-corrected chi connectivity index (χ4v) is 3.73. The number of nitrogens with zero attached hydrogens (tertiary/aromatic N) is 2. The molecule has 0 aliphatic carbocycles. The predicted molar refractivity (Wildman–Crippen MR) is 91.5 cm³/mol. The number of hydrogen-bond acceptors (Lipinski definition) is 3. The minimum Gasteiger partial charge on any atom is -0.497 e. The highest BCUT2D eigenvalue weighted by molar-refractivity contribution is 6.54. The van der Waals surface area contributed by atoms with Gasteiger partial charge in [-0.05, 0) is 12.1 Å². The molecular formula is C15H6Cl4N2O2. The standard InChI is InChI=1S/C15H6Cl4N2O2/c1-23-5-2-3-7-6(4-5)20-14-8-9(15(22)21(7)14)11(17)13(19)12(18)10(8)16/h2-4H,1H3. The average molecular weight is 388 g/mol. The Morgan fingerprint density at radius 1 is 1.00 bits per heavy atom. The number of hydrogen-bond donors (Lipinski definition) is 0. The second kappa shape index (κ2) is 5.02. The topological polar surface area (TPSA) is 44.1 Å². The van der Waals surface area contributed by atoms with Crippen LogP contribution in [0.3, 0.4) is 0 Å². The van der Waals surface area contributed by atoms with Crippen molar-refractivity contribution in [1.29, 1.82) is 0 Å². The van der Waals surface area contributed by atoms with Gasteiger partial charge in [-0.25, -0.2) is 4.98 Å². The molecule has 23 heavy (non-hydrogen) atoms. The first-order chi connectivity index (χ1) is 11.0. The minimum absolute atomic E-state index is 0.0576. The molecule has 4 nitrogen and oxygen atoms in total. The number of carbonyl (C=O) groups is 1. The molecule has 1 aromatic heterocycles. The van der Waals surface area contributed by atoms with E-state index in [1.54, 1.807) is 25.3 Å². The Labute approximate surface area is 150 Å². The third-order valence-corrected chi connectivity index (χ3v) is 5.57. The van der Waals surface area contributed by atoms with Crippen LogP contribution in [0, 0.1) is 0 Å². The lowest BCUT2D eigenvalue weighted by molar-refractivity contribution is 0.0973. The van der Waals surface area contributed by atoms with Gasteiger partial charge >= 0.3 is 0 Å². The highest BCUT2D eigenvalue weighted by atomic mass is 35.5. The number of imidazole rings is 1. The van der Waals surface area contributed by atoms with E-state index in [0.717, 1.165) is 0 Å². The van der Waals surface area contributed by atoms with Gasteiger partial charge in [-0.15, -0.1) is 0 Å². The lowest BCUT2D eigenvalue weighted by atomic mass is 10.1. The molecule has 3 aromatic rings. The summed E-state index contributed by atoms with van der Waals surface area (Å²) in [7, 11) is 1.56. The van der Waals surface area contributed by atoms with Crippen molar-refractivity contribution in [2.75, 3.05) is 7.11 Å². The number of methoxy groups -OCH3 is 1. The summed E-state index contributed by atoms with van der Waals surface area (Å²) in [4.78, 5) is 17.3. The Morgan fingerprint density at radius 3 is 2.30 bits per heavy atom. The van der Waals surface area contributed by atoms with Gasteiger partial charge in [-0.1, -0.05) is 46.4 Å². The SMILES string of the molecule is COc1ccc2c(c1)nc1n2C(=O)c2c(Cl)c(Cl)c(Cl)c(Cl)c2-1. The number of halogens is 4. The third kappa shape index (κ3) is 1.86. The van der Waals surface area contributed by atoms with E-state index in [4.69, 9.17) is 51.1 Å². The van der Waals surface area contributed by atoms with Crippen LogP contribution >= 0.6 is 46.4 Å². The van der Waals surface area contributed by atoms with Crippen molar-refractivity contribution in [3.63, 3.8) is 0 Å². The molecule has 0 saturated heterocycles. The molecule has 0 amide bonds. The molecule has 0 radical (unpaired) electrons. The van der Waals surface area contributed by atoms with Crippen molar-refractivity contribution in [3.05, 3.63) is 43.9 Å². The zero-order valence-corrected chi connectivity index (χ0v) is 14.5. The second-order valence-electron chi connectivity index (χ2n) is 4.94. The van der Waals surface area contributed by atoms with Crippen molar-refractivity contribution in [2.45, 2.75) is 0 Å². The van der Waals surface area contributed by atoms with Crippen molar-refractivity contribution >= 4 is 63.3 Å². The van der Waals surface area contributed by atoms with E-state index < -0.39 is 0 Å². The number of fused-ring (bicyclic) bond motifs is 5. The van der Waals surface area contributed by atoms with E-state index in [1.165, 1.54) is 4.57 Å². The van der Waals surface area contributed by atoms with Crippen molar-refractivity contribution in [2.24, 2.45) is 0 Å². The molecule has 0 N–H and O–H groups in total. The van der Waals surface area contributed by atoms with Gasteiger partial charge in [0.2, 0.25) is 0 Å². The molecule has 1 aliphatic rings. The van der Waals surface area contributed by atoms with Crippen molar-refractivity contribution < 1.29 is 9.53 Å². The van der Waals surface area contributed by atoms with Crippen LogP contribution in [0.25, 0.3) is 22.4 Å². The normalized spacial score (nSPS) is 12.7. The third-order valence-electron chi connectivity index (χ3n) is 3.77. The summed E-state index contributed by atoms with van der Waals surface area (Å²) in [6.45, 7) is 0. The summed E-state index contributed by atoms with van der Waals surface area (Å²) in [5.41, 5.74) is 1.84. The Morgan fingerprint density at radius 2 is 1.65 bits per heavy atom. The minimum atomic E-state index is -0.340. The predicted octanol–water partition coefficient (Wildman–Crippen LogP) is 5.33. The number of ether oxygens (including phenoxy) is 1. The van der Waals surface area contributed by atoms with Gasteiger partial charge in [0.25, 0.3) is 5.91 Å². The van der Waals surface area contributed by atoms with Gasteiger partial charge < -0.3 is 4.74 Å². The highest BCUT2D eigenvalue weighted by Crippen LogP contribution is 2.49. The smallest absolute Gasteiger partial charge is 0.266 e. The lowest BCUT2D eigenvalue weighted by Gasteiger charge is -2.08. The first-order valence-electron chi connectivity index (χ1n) is 6.43. The Balaban J connectivity index is 2.13. The van der Waals surface area contributed by atoms with Crippen LogP contribution in [0.5, 0.6) is 5.75 Å². The summed E-state index contributed by atoms with van der Waals surface area (Å²) >= 11 is 24.7. The van der Waals surface area contributed by atoms with E-state index in [0.29, 0.717) is 28.2 Å². The fraction of sp³-hybridized carbons (Fsp3) is 0.0667. The summed E-state index contributed by atoms with van der Waals surface area (Å²) in [5.74, 6) is 0.687. The lowest BCUT2D eigenvalue weighted by Crippen LogP contribution is -2.06. The Hall–Kier alpha value is -1.46. The number of benzene rings is 2. The van der Waals surface area contributed by atoms with Gasteiger partial charge in [-0.3, -0.25) is 9.36 Å². The van der Waals surface area contributed by atoms with Gasteiger partial charge in [0.05, 0.1) is 49.4 Å². The molecule has 8 heteroatoms. The van der Waals surface area contributed by atoms with E-state index in [-0.39, 0.29) is 31.6 Å². The number of carbonyl (C=O) groups excluding carboxylic acids is 1. The van der Waals surface area contributed by atoms with Crippen LogP contribution in [0.2, 0.25) is 20.1 Å². The van der Waals surface area contributed by atoms with Crippen LogP contribution < -0.4 is 4.74 Å². The monoisotopic (exact) mass is 386 g/mol. The maximum Gasteiger partial charge on any atom is 0.266 e. The van der Waals surface area contributed by atoms with Gasteiger partial charge in [0, 0.05) is 6.07 Å². The fourth-order valence-electron chi connectivity index (χ4n) is 2.71. The molecular weight excluding hydrogens is 382 g/mol. The van der Waals surface area contributed by atoms with Crippen LogP contribution in [-0.4, -0.2) is 22.6 Å². The molecule has 0 unspecified atom stereocenters. The number of aromatic nitrogens is 2. The summed E-state index contributed by atoms with van der Waals surface area (Å²) in [6, 6.07) is 5.23. The molecule has 0 atom stereocenters. The quantitative estimate of drug-likeness (QED) is 0.327. The molecule has 0 bridgehead atoms. The summed E-state index contributed by atoms with van der Waals surface area (Å²) in [5, 5.41) is 0.392. The second-order valence-corrected chi connectivity index (χ2v) is 6.45.